The molecule has 13 heavy (non-hydrogen) atoms. The maximum Gasteiger partial charge on any atom is 0.162 e. The van der Waals surface area contributed by atoms with Crippen LogP contribution in [0.25, 0.3) is 0 Å². The van der Waals surface area contributed by atoms with Crippen LogP contribution in [0.3, 0.4) is 0 Å². The van der Waals surface area contributed by atoms with Gasteiger partial charge in [-0.3, -0.25) is 4.79 Å². The Hall–Kier alpha value is -0.870. The summed E-state index contributed by atoms with van der Waals surface area (Å²) in [6.45, 7) is 3.03. The van der Waals surface area contributed by atoms with Gasteiger partial charge >= 0.3 is 0 Å². The van der Waals surface area contributed by atoms with E-state index in [-0.39, 0.29) is 0 Å². The number of rotatable bonds is 2. The zero-order valence-electron chi connectivity index (χ0n) is 7.36. The molecule has 0 spiro atoms. The van der Waals surface area contributed by atoms with Gasteiger partial charge in [-0.15, -0.1) is 11.3 Å². The maximum absolute atomic E-state index is 10.6. The van der Waals surface area contributed by atoms with Gasteiger partial charge in [0, 0.05) is 13.1 Å². The Balaban J connectivity index is 2.15. The lowest BCUT2D eigenvalue weighted by molar-refractivity contribution is 0.0310. The number of aldehydes is 1. The Bertz CT molecular complexity index is 324. The Morgan fingerprint density at radius 2 is 2.38 bits per heavy atom. The Morgan fingerprint density at radius 1 is 1.69 bits per heavy atom. The number of anilines is 1. The third kappa shape index (κ3) is 1.47. The van der Waals surface area contributed by atoms with Crippen molar-refractivity contribution in [3.05, 3.63) is 16.3 Å². The molecule has 3 nitrogen and oxygen atoms in total. The summed E-state index contributed by atoms with van der Waals surface area (Å²) in [4.78, 5) is 13.4. The number of thiophene rings is 1. The lowest BCUT2D eigenvalue weighted by Crippen LogP contribution is -2.60. The highest BCUT2D eigenvalue weighted by atomic mass is 32.1. The van der Waals surface area contributed by atoms with E-state index in [4.69, 9.17) is 0 Å². The molecule has 1 aromatic heterocycles. The van der Waals surface area contributed by atoms with Gasteiger partial charge < -0.3 is 10.0 Å². The van der Waals surface area contributed by atoms with Gasteiger partial charge in [-0.2, -0.15) is 0 Å². The van der Waals surface area contributed by atoms with Crippen molar-refractivity contribution in [2.24, 2.45) is 0 Å². The van der Waals surface area contributed by atoms with E-state index in [0.717, 1.165) is 16.9 Å². The topological polar surface area (TPSA) is 40.5 Å². The van der Waals surface area contributed by atoms with E-state index >= 15 is 0 Å². The zero-order valence-corrected chi connectivity index (χ0v) is 8.17. The third-order valence-corrected chi connectivity index (χ3v) is 3.02. The molecular formula is C9H11NO2S. The zero-order chi connectivity index (χ0) is 9.47. The smallest absolute Gasteiger partial charge is 0.162 e. The fourth-order valence-corrected chi connectivity index (χ4v) is 2.33. The van der Waals surface area contributed by atoms with E-state index in [1.54, 1.807) is 6.92 Å². The van der Waals surface area contributed by atoms with E-state index < -0.39 is 5.60 Å². The quantitative estimate of drug-likeness (QED) is 0.722. The van der Waals surface area contributed by atoms with Crippen LogP contribution in [0.15, 0.2) is 11.4 Å². The van der Waals surface area contributed by atoms with Crippen LogP contribution in [0.1, 0.15) is 16.6 Å². The van der Waals surface area contributed by atoms with Gasteiger partial charge in [0.2, 0.25) is 0 Å². The van der Waals surface area contributed by atoms with Crippen LogP contribution in [0.2, 0.25) is 0 Å². The first kappa shape index (κ1) is 8.72. The first-order chi connectivity index (χ1) is 6.12. The lowest BCUT2D eigenvalue weighted by Gasteiger charge is -2.45. The molecule has 0 unspecified atom stereocenters. The average Bonchev–Trinajstić information content (AvgIpc) is 2.46. The van der Waals surface area contributed by atoms with Gasteiger partial charge in [-0.05, 0) is 18.4 Å². The van der Waals surface area contributed by atoms with Crippen LogP contribution >= 0.6 is 11.3 Å². The van der Waals surface area contributed by atoms with E-state index in [1.165, 1.54) is 11.3 Å². The van der Waals surface area contributed by atoms with Crippen molar-refractivity contribution in [1.29, 1.82) is 0 Å². The van der Waals surface area contributed by atoms with Gasteiger partial charge in [0.1, 0.15) is 0 Å². The van der Waals surface area contributed by atoms with Crippen LogP contribution in [0, 0.1) is 0 Å². The van der Waals surface area contributed by atoms with E-state index in [0.29, 0.717) is 13.1 Å². The molecule has 4 heteroatoms. The summed E-state index contributed by atoms with van der Waals surface area (Å²) in [7, 11) is 0. The van der Waals surface area contributed by atoms with Crippen molar-refractivity contribution < 1.29 is 9.90 Å². The highest BCUT2D eigenvalue weighted by Gasteiger charge is 2.37. The number of carbonyl (C=O) groups excluding carboxylic acids is 1. The number of β-amino-alcohol motifs (C(OH)–C–C–N with tert-alkyl or cyclic N) is 1. The number of hydrogen-bond donors (Lipinski definition) is 1. The minimum absolute atomic E-state index is 0.581. The van der Waals surface area contributed by atoms with E-state index in [9.17, 15) is 9.90 Å². The highest BCUT2D eigenvalue weighted by Crippen LogP contribution is 2.32. The summed E-state index contributed by atoms with van der Waals surface area (Å²) in [5.74, 6) is 0. The first-order valence-corrected chi connectivity index (χ1v) is 5.00. The number of hydrogen-bond acceptors (Lipinski definition) is 4. The molecule has 2 heterocycles. The van der Waals surface area contributed by atoms with Crippen LogP contribution in [0.5, 0.6) is 0 Å². The molecule has 0 aliphatic carbocycles. The molecule has 0 radical (unpaired) electrons. The summed E-state index contributed by atoms with van der Waals surface area (Å²) in [5, 5.41) is 11.4. The van der Waals surface area contributed by atoms with Gasteiger partial charge in [0.05, 0.1) is 16.2 Å². The average molecular weight is 197 g/mol. The first-order valence-electron chi connectivity index (χ1n) is 4.12. The van der Waals surface area contributed by atoms with Crippen LogP contribution < -0.4 is 4.90 Å². The second kappa shape index (κ2) is 2.82. The molecule has 0 saturated carbocycles. The predicted octanol–water partition coefficient (Wildman–Crippen LogP) is 1.13. The Morgan fingerprint density at radius 3 is 2.92 bits per heavy atom. The summed E-state index contributed by atoms with van der Waals surface area (Å²) in [5.41, 5.74) is 0.369. The van der Waals surface area contributed by atoms with Gasteiger partial charge in [-0.1, -0.05) is 0 Å². The SMILES string of the molecule is CC1(O)CN(c2ccsc2C=O)C1. The summed E-state index contributed by atoms with van der Waals surface area (Å²) in [6.07, 6.45) is 0.868. The largest absolute Gasteiger partial charge is 0.386 e. The molecule has 1 fully saturated rings. The monoisotopic (exact) mass is 197 g/mol. The minimum atomic E-state index is -0.581. The fraction of sp³-hybridized carbons (Fsp3) is 0.444. The van der Waals surface area contributed by atoms with Crippen LogP contribution in [0.4, 0.5) is 5.69 Å². The second-order valence-corrected chi connectivity index (χ2v) is 4.59. The Labute approximate surface area is 80.6 Å². The minimum Gasteiger partial charge on any atom is -0.386 e. The van der Waals surface area contributed by atoms with E-state index in [2.05, 4.69) is 0 Å². The van der Waals surface area contributed by atoms with Crippen molar-refractivity contribution in [3.8, 4) is 0 Å². The van der Waals surface area contributed by atoms with Crippen molar-refractivity contribution in [2.45, 2.75) is 12.5 Å². The number of aliphatic hydroxyl groups is 1. The number of carbonyl (C=O) groups is 1. The van der Waals surface area contributed by atoms with E-state index in [1.807, 2.05) is 16.3 Å². The Kier molecular flexibility index (Phi) is 1.89. The molecule has 1 aromatic rings. The maximum atomic E-state index is 10.6. The van der Waals surface area contributed by atoms with Crippen LogP contribution in [-0.4, -0.2) is 30.1 Å². The molecule has 1 saturated heterocycles. The van der Waals surface area contributed by atoms with Gasteiger partial charge in [-0.25, -0.2) is 0 Å². The van der Waals surface area contributed by atoms with Gasteiger partial charge in [0.15, 0.2) is 6.29 Å². The van der Waals surface area contributed by atoms with Crippen molar-refractivity contribution in [3.63, 3.8) is 0 Å². The molecule has 0 atom stereocenters. The molecule has 1 N–H and O–H groups in total. The predicted molar refractivity (Wildman–Crippen MR) is 52.5 cm³/mol. The normalized spacial score (nSPS) is 19.7. The third-order valence-electron chi connectivity index (χ3n) is 2.18. The second-order valence-electron chi connectivity index (χ2n) is 3.64. The lowest BCUT2D eigenvalue weighted by atomic mass is 9.96. The molecule has 2 rings (SSSR count). The molecule has 70 valence electrons. The highest BCUT2D eigenvalue weighted by molar-refractivity contribution is 7.12. The molecule has 1 aliphatic rings. The molecule has 0 amide bonds. The molecular weight excluding hydrogens is 186 g/mol. The van der Waals surface area contributed by atoms with Crippen molar-refractivity contribution >= 4 is 23.3 Å². The van der Waals surface area contributed by atoms with Crippen LogP contribution in [-0.2, 0) is 0 Å². The molecule has 0 bridgehead atoms. The summed E-state index contributed by atoms with van der Waals surface area (Å²) >= 11 is 1.44. The van der Waals surface area contributed by atoms with Crippen molar-refractivity contribution in [1.82, 2.24) is 0 Å². The standard InChI is InChI=1S/C9H11NO2S/c1-9(12)5-10(6-9)7-2-3-13-8(7)4-11/h2-4,12H,5-6H2,1H3. The molecule has 1 aliphatic heterocycles. The molecule has 0 aromatic carbocycles. The summed E-state index contributed by atoms with van der Waals surface area (Å²) in [6, 6.07) is 1.92. The fourth-order valence-electron chi connectivity index (χ4n) is 1.61. The summed E-state index contributed by atoms with van der Waals surface area (Å²) < 4.78 is 0. The van der Waals surface area contributed by atoms with Crippen molar-refractivity contribution in [2.75, 3.05) is 18.0 Å². The van der Waals surface area contributed by atoms with Gasteiger partial charge in [0.25, 0.3) is 0 Å². The number of nitrogens with zero attached hydrogens (tertiary/aromatic N) is 1.